The lowest BCUT2D eigenvalue weighted by Gasteiger charge is -2.71. The molecule has 0 radical (unpaired) electrons. The average Bonchev–Trinajstić information content (AvgIpc) is 3.21. The average molecular weight is 883 g/mol. The van der Waals surface area contributed by atoms with Gasteiger partial charge < -0.3 is 74.4 Å². The Morgan fingerprint density at radius 2 is 1.31 bits per heavy atom. The summed E-state index contributed by atoms with van der Waals surface area (Å²) in [6.07, 6.45) is -10.8. The fraction of sp³-hybridized carbons (Fsp3) is 0.935. The van der Waals surface area contributed by atoms with E-state index in [0.717, 1.165) is 51.4 Å². The summed E-state index contributed by atoms with van der Waals surface area (Å²) in [5, 5.41) is 96.1. The zero-order valence-electron chi connectivity index (χ0n) is 37.5. The predicted octanol–water partition coefficient (Wildman–Crippen LogP) is 1.42. The molecule has 9 N–H and O–H groups in total. The normalized spacial score (nSPS) is 53.5. The topological polar surface area (TPSA) is 255 Å². The Hall–Kier alpha value is -1.35. The summed E-state index contributed by atoms with van der Waals surface area (Å²) in [4.78, 5) is 15.1. The zero-order chi connectivity index (χ0) is 45.1. The van der Waals surface area contributed by atoms with Crippen molar-refractivity contribution in [3.63, 3.8) is 0 Å². The molecule has 0 aromatic rings. The third-order valence-corrected chi connectivity index (χ3v) is 18.5. The quantitative estimate of drug-likeness (QED) is 0.130. The highest BCUT2D eigenvalue weighted by atomic mass is 16.8. The van der Waals surface area contributed by atoms with Crippen LogP contribution in [0.4, 0.5) is 0 Å². The van der Waals surface area contributed by atoms with Crippen LogP contribution in [0.5, 0.6) is 0 Å². The number of carbonyl (C=O) groups is 1. The highest BCUT2D eigenvalue weighted by Gasteiger charge is 2.70. The fourth-order valence-corrected chi connectivity index (χ4v) is 14.4. The van der Waals surface area contributed by atoms with Gasteiger partial charge in [0.2, 0.25) is 6.29 Å². The molecule has 16 heteroatoms. The molecule has 3 saturated heterocycles. The van der Waals surface area contributed by atoms with Crippen LogP contribution in [0.15, 0.2) is 11.6 Å². The fourth-order valence-electron chi connectivity index (χ4n) is 14.4. The summed E-state index contributed by atoms with van der Waals surface area (Å²) >= 11 is 0. The minimum absolute atomic E-state index is 0.0314. The van der Waals surface area contributed by atoms with Crippen LogP contribution in [0, 0.1) is 50.2 Å². The molecule has 8 aliphatic rings. The first kappa shape index (κ1) is 47.2. The monoisotopic (exact) mass is 882 g/mol. The molecule has 0 amide bonds. The highest BCUT2D eigenvalue weighted by Crippen LogP contribution is 2.76. The summed E-state index contributed by atoms with van der Waals surface area (Å²) in [6, 6.07) is 0. The van der Waals surface area contributed by atoms with Gasteiger partial charge in [-0.25, -0.2) is 0 Å². The van der Waals surface area contributed by atoms with Crippen molar-refractivity contribution < 1.29 is 79.2 Å². The predicted molar refractivity (Wildman–Crippen MR) is 218 cm³/mol. The molecule has 62 heavy (non-hydrogen) atoms. The zero-order valence-corrected chi connectivity index (χ0v) is 37.5. The molecule has 3 heterocycles. The second-order valence-electron chi connectivity index (χ2n) is 22.6. The van der Waals surface area contributed by atoms with Gasteiger partial charge in [-0.3, -0.25) is 4.79 Å². The Balaban J connectivity index is 1.06. The second kappa shape index (κ2) is 16.5. The van der Waals surface area contributed by atoms with Crippen LogP contribution >= 0.6 is 0 Å². The Morgan fingerprint density at radius 1 is 0.694 bits per heavy atom. The van der Waals surface area contributed by atoms with Gasteiger partial charge in [-0.15, -0.1) is 0 Å². The van der Waals surface area contributed by atoms with E-state index in [2.05, 4.69) is 54.5 Å². The van der Waals surface area contributed by atoms with Crippen LogP contribution in [-0.2, 0) is 33.2 Å². The van der Waals surface area contributed by atoms with Crippen LogP contribution < -0.4 is 0 Å². The van der Waals surface area contributed by atoms with Crippen molar-refractivity contribution in [3.8, 4) is 0 Å². The standard InChI is InChI=1S/C46H74O16/c1-41(2)14-16-46(17-15-44(6)22(23(46)18-41)8-9-28-43(5)12-11-29(50)42(3,4)27(43)10-13-45(28,44)7)40(56)62-39-36(31(52)25(49)21-58-39)61-38-35(30(51)24(48)20-57-38)60-37-34(55)33(54)32(53)26(19-47)59-37/h8,23-39,47-55H,9-21H2,1-7H3/t23?,24-,25+,26-,27?,28?,29+,30-,31-,32-,33-,34-,35-,36-,37+,38+,39+,43+,44-,45-,46+/m1/s1. The van der Waals surface area contributed by atoms with Crippen molar-refractivity contribution in [3.05, 3.63) is 11.6 Å². The summed E-state index contributed by atoms with van der Waals surface area (Å²) < 4.78 is 35.5. The van der Waals surface area contributed by atoms with E-state index < -0.39 is 105 Å². The SMILES string of the molecule is CC1(C)CC[C@]2(C(=O)O[C@@H]3OC[C@H](O)[C@@H](O)[C@H]3O[C@@H]3OC[C@@H](O)[C@@H](O)[C@H]3O[C@@H]3O[C@H](CO)[C@@H](O)[C@@H](O)[C@H]3O)CC[C@]3(C)C(=CCC4[C@@]5(C)CC[C@H](O)C(C)(C)C5CC[C@]43C)C2C1. The van der Waals surface area contributed by atoms with Crippen molar-refractivity contribution in [1.29, 1.82) is 0 Å². The van der Waals surface area contributed by atoms with E-state index in [0.29, 0.717) is 24.7 Å². The van der Waals surface area contributed by atoms with Crippen molar-refractivity contribution in [1.82, 2.24) is 0 Å². The summed E-state index contributed by atoms with van der Waals surface area (Å²) in [5.41, 5.74) is 0.0446. The molecule has 4 saturated carbocycles. The summed E-state index contributed by atoms with van der Waals surface area (Å²) in [6.45, 7) is 14.8. The van der Waals surface area contributed by atoms with E-state index in [1.165, 1.54) is 5.57 Å². The lowest BCUT2D eigenvalue weighted by atomic mass is 9.33. The molecular weight excluding hydrogens is 808 g/mol. The molecule has 0 spiro atoms. The largest absolute Gasteiger partial charge is 0.432 e. The number of hydrogen-bond acceptors (Lipinski definition) is 16. The lowest BCUT2D eigenvalue weighted by molar-refractivity contribution is -0.377. The lowest BCUT2D eigenvalue weighted by Crippen LogP contribution is -2.65. The van der Waals surface area contributed by atoms with Gasteiger partial charge in [-0.05, 0) is 109 Å². The molecular formula is C46H74O16. The van der Waals surface area contributed by atoms with E-state index >= 15 is 4.79 Å². The molecule has 0 aromatic carbocycles. The van der Waals surface area contributed by atoms with Crippen LogP contribution in [-0.4, -0.2) is 158 Å². The molecule has 5 aliphatic carbocycles. The van der Waals surface area contributed by atoms with Crippen molar-refractivity contribution in [2.75, 3.05) is 19.8 Å². The van der Waals surface area contributed by atoms with E-state index in [4.69, 9.17) is 28.4 Å². The molecule has 7 fully saturated rings. The van der Waals surface area contributed by atoms with Crippen LogP contribution in [0.2, 0.25) is 0 Å². The third kappa shape index (κ3) is 7.28. The van der Waals surface area contributed by atoms with Crippen LogP contribution in [0.3, 0.4) is 0 Å². The smallest absolute Gasteiger partial charge is 0.315 e. The number of aliphatic hydroxyl groups excluding tert-OH is 9. The Morgan fingerprint density at radius 3 is 1.97 bits per heavy atom. The van der Waals surface area contributed by atoms with Crippen LogP contribution in [0.1, 0.15) is 113 Å². The molecule has 21 atom stereocenters. The number of allylic oxidation sites excluding steroid dienone is 2. The van der Waals surface area contributed by atoms with Crippen molar-refractivity contribution in [2.45, 2.75) is 199 Å². The van der Waals surface area contributed by atoms with Gasteiger partial charge >= 0.3 is 5.97 Å². The first-order valence-corrected chi connectivity index (χ1v) is 23.1. The number of carbonyl (C=O) groups excluding carboxylic acids is 1. The van der Waals surface area contributed by atoms with E-state index in [-0.39, 0.29) is 45.7 Å². The van der Waals surface area contributed by atoms with Crippen molar-refractivity contribution >= 4 is 5.97 Å². The number of fused-ring (bicyclic) bond motifs is 7. The second-order valence-corrected chi connectivity index (χ2v) is 22.6. The first-order chi connectivity index (χ1) is 29.0. The maximum Gasteiger partial charge on any atom is 0.315 e. The number of rotatable bonds is 7. The Kier molecular flexibility index (Phi) is 12.5. The van der Waals surface area contributed by atoms with Gasteiger partial charge in [0.1, 0.15) is 54.9 Å². The molecule has 16 nitrogen and oxygen atoms in total. The molecule has 3 aliphatic heterocycles. The van der Waals surface area contributed by atoms with Crippen LogP contribution in [0.25, 0.3) is 0 Å². The number of hydrogen-bond donors (Lipinski definition) is 9. The van der Waals surface area contributed by atoms with Gasteiger partial charge in [0.05, 0.1) is 31.3 Å². The first-order valence-electron chi connectivity index (χ1n) is 23.1. The highest BCUT2D eigenvalue weighted by molar-refractivity contribution is 5.79. The maximum atomic E-state index is 15.1. The van der Waals surface area contributed by atoms with E-state index in [1.54, 1.807) is 0 Å². The number of esters is 1. The van der Waals surface area contributed by atoms with E-state index in [1.807, 2.05) is 0 Å². The number of ether oxygens (including phenoxy) is 6. The van der Waals surface area contributed by atoms with Gasteiger partial charge in [0, 0.05) is 0 Å². The van der Waals surface area contributed by atoms with Gasteiger partial charge in [0.25, 0.3) is 0 Å². The summed E-state index contributed by atoms with van der Waals surface area (Å²) in [7, 11) is 0. The molecule has 0 bridgehead atoms. The molecule has 0 aromatic heterocycles. The minimum Gasteiger partial charge on any atom is -0.432 e. The van der Waals surface area contributed by atoms with E-state index in [9.17, 15) is 46.0 Å². The number of aliphatic hydroxyl groups is 9. The molecule has 8 rings (SSSR count). The van der Waals surface area contributed by atoms with Crippen molar-refractivity contribution in [2.24, 2.45) is 50.2 Å². The molecule has 354 valence electrons. The minimum atomic E-state index is -1.86. The van der Waals surface area contributed by atoms with Gasteiger partial charge in [-0.2, -0.15) is 0 Å². The molecule has 3 unspecified atom stereocenters. The third-order valence-electron chi connectivity index (χ3n) is 18.5. The summed E-state index contributed by atoms with van der Waals surface area (Å²) in [5.74, 6) is 0.215. The van der Waals surface area contributed by atoms with Gasteiger partial charge in [0.15, 0.2) is 18.7 Å². The maximum absolute atomic E-state index is 15.1. The Bertz CT molecular complexity index is 1690. The Labute approximate surface area is 364 Å². The van der Waals surface area contributed by atoms with Gasteiger partial charge in [-0.1, -0.05) is 60.1 Å².